The predicted molar refractivity (Wildman–Crippen MR) is 91.9 cm³/mol. The summed E-state index contributed by atoms with van der Waals surface area (Å²) in [5.74, 6) is 8.00. The zero-order valence-corrected chi connectivity index (χ0v) is 14.0. The van der Waals surface area contributed by atoms with Gasteiger partial charge in [-0.05, 0) is 59.8 Å². The van der Waals surface area contributed by atoms with Crippen LogP contribution in [0.25, 0.3) is 0 Å². The molecule has 22 heavy (non-hydrogen) atoms. The van der Waals surface area contributed by atoms with E-state index in [-0.39, 0.29) is 0 Å². The monoisotopic (exact) mass is 362 g/mol. The highest BCUT2D eigenvalue weighted by molar-refractivity contribution is 9.10. The molecule has 0 aliphatic heterocycles. The van der Waals surface area contributed by atoms with Gasteiger partial charge in [-0.15, -0.1) is 0 Å². The van der Waals surface area contributed by atoms with Crippen LogP contribution in [0.3, 0.4) is 0 Å². The zero-order valence-electron chi connectivity index (χ0n) is 12.4. The van der Waals surface area contributed by atoms with Crippen molar-refractivity contribution in [2.24, 2.45) is 11.8 Å². The lowest BCUT2D eigenvalue weighted by Gasteiger charge is -2.22. The molecule has 5 nitrogen and oxygen atoms in total. The Morgan fingerprint density at radius 1 is 1.36 bits per heavy atom. The third-order valence-corrected chi connectivity index (χ3v) is 4.57. The van der Waals surface area contributed by atoms with Crippen molar-refractivity contribution < 1.29 is 4.74 Å². The number of aryl methyl sites for hydroxylation is 1. The van der Waals surface area contributed by atoms with E-state index in [0.717, 1.165) is 17.8 Å². The summed E-state index contributed by atoms with van der Waals surface area (Å²) in [5.41, 5.74) is 8.55. The lowest BCUT2D eigenvalue weighted by atomic mass is 10.2. The number of halogens is 1. The van der Waals surface area contributed by atoms with E-state index in [2.05, 4.69) is 20.9 Å². The molecule has 1 aromatic carbocycles. The van der Waals surface area contributed by atoms with Crippen molar-refractivity contribution >= 4 is 27.3 Å². The van der Waals surface area contributed by atoms with Crippen LogP contribution in [0.1, 0.15) is 18.4 Å². The van der Waals surface area contributed by atoms with Gasteiger partial charge >= 0.3 is 0 Å². The Hall–Kier alpha value is -1.79. The van der Waals surface area contributed by atoms with Gasteiger partial charge in [0.1, 0.15) is 5.75 Å². The summed E-state index contributed by atoms with van der Waals surface area (Å²) in [6.45, 7) is 2.78. The van der Waals surface area contributed by atoms with Crippen LogP contribution in [-0.2, 0) is 0 Å². The smallest absolute Gasteiger partial charge is 0.222 e. The van der Waals surface area contributed by atoms with E-state index in [4.69, 9.17) is 16.3 Å². The van der Waals surface area contributed by atoms with Gasteiger partial charge < -0.3 is 15.5 Å². The number of hydrazine groups is 1. The molecular weight excluding hydrogens is 344 g/mol. The Bertz CT molecular complexity index is 688. The number of hydrogen-bond acceptors (Lipinski definition) is 5. The number of pyridine rings is 1. The summed E-state index contributed by atoms with van der Waals surface area (Å²) < 4.78 is 6.55. The number of benzene rings is 1. The van der Waals surface area contributed by atoms with Crippen LogP contribution in [0.15, 0.2) is 34.9 Å². The van der Waals surface area contributed by atoms with E-state index in [1.165, 1.54) is 12.8 Å². The van der Waals surface area contributed by atoms with E-state index < -0.39 is 0 Å². The first kappa shape index (κ1) is 15.1. The first-order valence-electron chi connectivity index (χ1n) is 7.26. The van der Waals surface area contributed by atoms with Crippen LogP contribution in [-0.4, -0.2) is 11.5 Å². The van der Waals surface area contributed by atoms with Crippen molar-refractivity contribution in [3.8, 4) is 11.6 Å². The SMILES string of the molecule is Cc1cccnc1Oc1ccc(N(N)CC2CC2)c(N)c1Br. The van der Waals surface area contributed by atoms with Gasteiger partial charge in [-0.3, -0.25) is 0 Å². The minimum absolute atomic E-state index is 0.568. The number of nitrogens with two attached hydrogens (primary N) is 2. The number of nitrogen functional groups attached to an aromatic ring is 1. The molecule has 1 heterocycles. The highest BCUT2D eigenvalue weighted by atomic mass is 79.9. The standard InChI is InChI=1S/C16H19BrN4O/c1-10-3-2-8-20-16(10)22-13-7-6-12(15(18)14(13)17)21(19)9-11-4-5-11/h2-3,6-8,11H,4-5,9,18-19H2,1H3. The average molecular weight is 363 g/mol. The van der Waals surface area contributed by atoms with E-state index in [9.17, 15) is 0 Å². The fourth-order valence-corrected chi connectivity index (χ4v) is 2.67. The molecule has 0 spiro atoms. The first-order chi connectivity index (χ1) is 10.6. The Kier molecular flexibility index (Phi) is 4.22. The number of aromatic nitrogens is 1. The van der Waals surface area contributed by atoms with Gasteiger partial charge in [0.05, 0.1) is 15.8 Å². The molecule has 0 bridgehead atoms. The molecule has 1 saturated carbocycles. The van der Waals surface area contributed by atoms with Gasteiger partial charge in [0, 0.05) is 18.3 Å². The summed E-state index contributed by atoms with van der Waals surface area (Å²) in [6.07, 6.45) is 4.19. The van der Waals surface area contributed by atoms with Crippen LogP contribution >= 0.6 is 15.9 Å². The van der Waals surface area contributed by atoms with E-state index >= 15 is 0 Å². The fraction of sp³-hybridized carbons (Fsp3) is 0.312. The Labute approximate surface area is 138 Å². The van der Waals surface area contributed by atoms with Crippen molar-refractivity contribution in [2.75, 3.05) is 17.3 Å². The molecule has 1 fully saturated rings. The Balaban J connectivity index is 1.84. The quantitative estimate of drug-likeness (QED) is 0.482. The Morgan fingerprint density at radius 3 is 2.82 bits per heavy atom. The van der Waals surface area contributed by atoms with Crippen LogP contribution < -0.4 is 21.3 Å². The number of nitrogens with zero attached hydrogens (tertiary/aromatic N) is 2. The summed E-state index contributed by atoms with van der Waals surface area (Å²) in [7, 11) is 0. The van der Waals surface area contributed by atoms with E-state index in [1.54, 1.807) is 11.2 Å². The van der Waals surface area contributed by atoms with Gasteiger partial charge in [-0.1, -0.05) is 6.07 Å². The second kappa shape index (κ2) is 6.14. The molecule has 116 valence electrons. The molecule has 1 aliphatic carbocycles. The minimum Gasteiger partial charge on any atom is -0.437 e. The molecule has 1 aliphatic rings. The van der Waals surface area contributed by atoms with Gasteiger partial charge in [-0.2, -0.15) is 0 Å². The van der Waals surface area contributed by atoms with Crippen LogP contribution in [0.5, 0.6) is 11.6 Å². The molecule has 1 aromatic heterocycles. The molecule has 4 N–H and O–H groups in total. The van der Waals surface area contributed by atoms with Crippen LogP contribution in [0.2, 0.25) is 0 Å². The minimum atomic E-state index is 0.568. The second-order valence-corrected chi connectivity index (χ2v) is 6.43. The topological polar surface area (TPSA) is 77.4 Å². The van der Waals surface area contributed by atoms with Crippen molar-refractivity contribution in [3.63, 3.8) is 0 Å². The number of anilines is 2. The molecule has 0 saturated heterocycles. The molecule has 0 amide bonds. The molecule has 0 unspecified atom stereocenters. The van der Waals surface area contributed by atoms with Gasteiger partial charge in [0.15, 0.2) is 0 Å². The van der Waals surface area contributed by atoms with Gasteiger partial charge in [-0.25, -0.2) is 10.8 Å². The van der Waals surface area contributed by atoms with E-state index in [1.807, 2.05) is 31.2 Å². The van der Waals surface area contributed by atoms with Gasteiger partial charge in [0.25, 0.3) is 0 Å². The average Bonchev–Trinajstić information content (AvgIpc) is 3.30. The number of ether oxygens (including phenoxy) is 1. The fourth-order valence-electron chi connectivity index (χ4n) is 2.25. The predicted octanol–water partition coefficient (Wildman–Crippen LogP) is 3.62. The summed E-state index contributed by atoms with van der Waals surface area (Å²) >= 11 is 3.50. The third-order valence-electron chi connectivity index (χ3n) is 3.75. The summed E-state index contributed by atoms with van der Waals surface area (Å²) in [5, 5.41) is 1.72. The van der Waals surface area contributed by atoms with Crippen molar-refractivity contribution in [1.29, 1.82) is 0 Å². The molecular formula is C16H19BrN4O. The normalized spacial score (nSPS) is 14.0. The van der Waals surface area contributed by atoms with Gasteiger partial charge in [0.2, 0.25) is 5.88 Å². The van der Waals surface area contributed by atoms with E-state index in [0.29, 0.717) is 27.7 Å². The second-order valence-electron chi connectivity index (χ2n) is 5.63. The van der Waals surface area contributed by atoms with Crippen LogP contribution in [0, 0.1) is 12.8 Å². The maximum Gasteiger partial charge on any atom is 0.222 e. The molecule has 2 aromatic rings. The Morgan fingerprint density at radius 2 is 2.14 bits per heavy atom. The highest BCUT2D eigenvalue weighted by Gasteiger charge is 2.25. The van der Waals surface area contributed by atoms with Crippen molar-refractivity contribution in [3.05, 3.63) is 40.5 Å². The highest BCUT2D eigenvalue weighted by Crippen LogP contribution is 2.40. The largest absolute Gasteiger partial charge is 0.437 e. The summed E-state index contributed by atoms with van der Waals surface area (Å²) in [6, 6.07) is 7.57. The molecule has 0 radical (unpaired) electrons. The first-order valence-corrected chi connectivity index (χ1v) is 8.05. The maximum absolute atomic E-state index is 6.20. The molecule has 3 rings (SSSR count). The lowest BCUT2D eigenvalue weighted by Crippen LogP contribution is -2.33. The maximum atomic E-state index is 6.20. The molecule has 6 heteroatoms. The summed E-state index contributed by atoms with van der Waals surface area (Å²) in [4.78, 5) is 4.23. The zero-order chi connectivity index (χ0) is 15.7. The third kappa shape index (κ3) is 3.18. The van der Waals surface area contributed by atoms with Crippen molar-refractivity contribution in [2.45, 2.75) is 19.8 Å². The number of hydrogen-bond donors (Lipinski definition) is 2. The number of rotatable bonds is 5. The molecule has 0 atom stereocenters. The lowest BCUT2D eigenvalue weighted by molar-refractivity contribution is 0.456. The van der Waals surface area contributed by atoms with Crippen LogP contribution in [0.4, 0.5) is 11.4 Å². The van der Waals surface area contributed by atoms with Crippen molar-refractivity contribution in [1.82, 2.24) is 4.98 Å².